The highest BCUT2D eigenvalue weighted by Gasteiger charge is 2.31. The van der Waals surface area contributed by atoms with Crippen LogP contribution in [0.5, 0.6) is 5.75 Å². The number of benzene rings is 2. The van der Waals surface area contributed by atoms with E-state index in [9.17, 15) is 4.79 Å². The molecule has 1 N–H and O–H groups in total. The molecule has 1 aromatic heterocycles. The summed E-state index contributed by atoms with van der Waals surface area (Å²) in [5.74, 6) is 1.37. The summed E-state index contributed by atoms with van der Waals surface area (Å²) in [5, 5.41) is 8.15. The van der Waals surface area contributed by atoms with E-state index >= 15 is 0 Å². The molecule has 0 fully saturated rings. The van der Waals surface area contributed by atoms with Gasteiger partial charge in [0.05, 0.1) is 19.9 Å². The molecule has 0 bridgehead atoms. The SMILES string of the molecule is COc1ccccc1[C@@H]1CC(=O)Nc2c1cnn2Cc1ccccc1Cl. The summed E-state index contributed by atoms with van der Waals surface area (Å²) in [5.41, 5.74) is 2.93. The van der Waals surface area contributed by atoms with Crippen LogP contribution in [0.2, 0.25) is 5.02 Å². The first-order valence-electron chi connectivity index (χ1n) is 8.39. The molecule has 2 heterocycles. The highest BCUT2D eigenvalue weighted by molar-refractivity contribution is 6.31. The number of carbonyl (C=O) groups is 1. The molecule has 26 heavy (non-hydrogen) atoms. The van der Waals surface area contributed by atoms with Gasteiger partial charge in [0.25, 0.3) is 0 Å². The molecule has 5 nitrogen and oxygen atoms in total. The second-order valence-electron chi connectivity index (χ2n) is 6.24. The number of nitrogens with zero attached hydrogens (tertiary/aromatic N) is 2. The lowest BCUT2D eigenvalue weighted by Crippen LogP contribution is -2.25. The Morgan fingerprint density at radius 3 is 2.77 bits per heavy atom. The molecule has 4 rings (SSSR count). The summed E-state index contributed by atoms with van der Waals surface area (Å²) < 4.78 is 7.28. The van der Waals surface area contributed by atoms with Crippen molar-refractivity contribution in [3.05, 3.63) is 76.4 Å². The summed E-state index contributed by atoms with van der Waals surface area (Å²) in [6.07, 6.45) is 2.19. The molecule has 1 aliphatic heterocycles. The van der Waals surface area contributed by atoms with Crippen LogP contribution in [0, 0.1) is 0 Å². The van der Waals surface area contributed by atoms with Gasteiger partial charge in [0.1, 0.15) is 11.6 Å². The van der Waals surface area contributed by atoms with E-state index in [1.165, 1.54) is 0 Å². The normalized spacial score (nSPS) is 16.1. The highest BCUT2D eigenvalue weighted by atomic mass is 35.5. The van der Waals surface area contributed by atoms with E-state index in [2.05, 4.69) is 10.4 Å². The average Bonchev–Trinajstić information content (AvgIpc) is 3.05. The number of amides is 1. The molecular formula is C20H18ClN3O2. The Morgan fingerprint density at radius 1 is 1.19 bits per heavy atom. The average molecular weight is 368 g/mol. The van der Waals surface area contributed by atoms with Gasteiger partial charge in [0.15, 0.2) is 0 Å². The van der Waals surface area contributed by atoms with E-state index in [0.29, 0.717) is 18.0 Å². The number of carbonyl (C=O) groups excluding carboxylic acids is 1. The largest absolute Gasteiger partial charge is 0.496 e. The Kier molecular flexibility index (Phi) is 4.39. The molecule has 132 valence electrons. The van der Waals surface area contributed by atoms with Gasteiger partial charge < -0.3 is 10.1 Å². The Balaban J connectivity index is 1.75. The Morgan fingerprint density at radius 2 is 1.96 bits per heavy atom. The summed E-state index contributed by atoms with van der Waals surface area (Å²) in [7, 11) is 1.64. The standard InChI is InChI=1S/C20H18ClN3O2/c1-26-18-9-5-3-7-14(18)15-10-19(25)23-20-16(15)11-22-24(20)12-13-6-2-4-8-17(13)21/h2-9,11,15H,10,12H2,1H3,(H,23,25)/t15-/m0/s1. The minimum absolute atomic E-state index is 0.0330. The summed E-state index contributed by atoms with van der Waals surface area (Å²) >= 11 is 6.27. The van der Waals surface area contributed by atoms with E-state index in [1.54, 1.807) is 11.8 Å². The molecule has 1 amide bonds. The van der Waals surface area contributed by atoms with Gasteiger partial charge >= 0.3 is 0 Å². The zero-order valence-corrected chi connectivity index (χ0v) is 15.0. The van der Waals surface area contributed by atoms with Crippen molar-refractivity contribution in [2.24, 2.45) is 0 Å². The van der Waals surface area contributed by atoms with Gasteiger partial charge in [-0.1, -0.05) is 48.0 Å². The van der Waals surface area contributed by atoms with Crippen LogP contribution in [0.15, 0.2) is 54.7 Å². The van der Waals surface area contributed by atoms with Crippen LogP contribution in [0.3, 0.4) is 0 Å². The van der Waals surface area contributed by atoms with Crippen molar-refractivity contribution in [1.82, 2.24) is 9.78 Å². The molecule has 1 aliphatic rings. The van der Waals surface area contributed by atoms with Gasteiger partial charge in [-0.05, 0) is 17.7 Å². The van der Waals surface area contributed by atoms with Crippen LogP contribution in [0.25, 0.3) is 0 Å². The lowest BCUT2D eigenvalue weighted by Gasteiger charge is -2.25. The summed E-state index contributed by atoms with van der Waals surface area (Å²) in [6.45, 7) is 0.494. The predicted octanol–water partition coefficient (Wildman–Crippen LogP) is 4.07. The van der Waals surface area contributed by atoms with E-state index in [1.807, 2.05) is 54.7 Å². The molecule has 0 aliphatic carbocycles. The summed E-state index contributed by atoms with van der Waals surface area (Å²) in [4.78, 5) is 12.4. The van der Waals surface area contributed by atoms with Crippen molar-refractivity contribution in [3.63, 3.8) is 0 Å². The van der Waals surface area contributed by atoms with Gasteiger partial charge in [-0.3, -0.25) is 4.79 Å². The number of hydrogen-bond acceptors (Lipinski definition) is 3. The maximum Gasteiger partial charge on any atom is 0.226 e. The topological polar surface area (TPSA) is 56.1 Å². The number of para-hydroxylation sites is 1. The maximum absolute atomic E-state index is 12.4. The molecule has 2 aromatic carbocycles. The van der Waals surface area contributed by atoms with Crippen LogP contribution in [-0.4, -0.2) is 22.8 Å². The molecule has 0 spiro atoms. The third kappa shape index (κ3) is 2.95. The fraction of sp³-hybridized carbons (Fsp3) is 0.200. The first kappa shape index (κ1) is 16.7. The molecule has 3 aromatic rings. The lowest BCUT2D eigenvalue weighted by molar-refractivity contribution is -0.116. The van der Waals surface area contributed by atoms with Gasteiger partial charge in [0, 0.05) is 28.5 Å². The number of fused-ring (bicyclic) bond motifs is 1. The van der Waals surface area contributed by atoms with Crippen molar-refractivity contribution in [1.29, 1.82) is 0 Å². The number of aromatic nitrogens is 2. The van der Waals surface area contributed by atoms with E-state index in [0.717, 1.165) is 28.3 Å². The minimum Gasteiger partial charge on any atom is -0.496 e. The molecule has 0 radical (unpaired) electrons. The van der Waals surface area contributed by atoms with Crippen LogP contribution in [0.4, 0.5) is 5.82 Å². The lowest BCUT2D eigenvalue weighted by atomic mass is 9.87. The third-order valence-corrected chi connectivity index (χ3v) is 5.05. The van der Waals surface area contributed by atoms with Gasteiger partial charge in [0.2, 0.25) is 5.91 Å². The maximum atomic E-state index is 12.4. The van der Waals surface area contributed by atoms with Crippen molar-refractivity contribution < 1.29 is 9.53 Å². The molecular weight excluding hydrogens is 350 g/mol. The van der Waals surface area contributed by atoms with Crippen LogP contribution >= 0.6 is 11.6 Å². The highest BCUT2D eigenvalue weighted by Crippen LogP contribution is 2.40. The molecule has 0 saturated heterocycles. The van der Waals surface area contributed by atoms with Crippen LogP contribution in [-0.2, 0) is 11.3 Å². The number of rotatable bonds is 4. The second-order valence-corrected chi connectivity index (χ2v) is 6.65. The first-order chi connectivity index (χ1) is 12.7. The fourth-order valence-corrected chi connectivity index (χ4v) is 3.61. The Bertz CT molecular complexity index is 967. The van der Waals surface area contributed by atoms with Crippen LogP contribution in [0.1, 0.15) is 29.0 Å². The fourth-order valence-electron chi connectivity index (χ4n) is 3.41. The Labute approximate surface area is 156 Å². The quantitative estimate of drug-likeness (QED) is 0.756. The van der Waals surface area contributed by atoms with Crippen molar-refractivity contribution in [3.8, 4) is 5.75 Å². The predicted molar refractivity (Wildman–Crippen MR) is 101 cm³/mol. The molecule has 0 unspecified atom stereocenters. The minimum atomic E-state index is -0.0881. The monoisotopic (exact) mass is 367 g/mol. The van der Waals surface area contributed by atoms with Crippen LogP contribution < -0.4 is 10.1 Å². The molecule has 1 atom stereocenters. The van der Waals surface area contributed by atoms with Gasteiger partial charge in [-0.2, -0.15) is 5.10 Å². The van der Waals surface area contributed by atoms with E-state index < -0.39 is 0 Å². The van der Waals surface area contributed by atoms with Crippen molar-refractivity contribution in [2.75, 3.05) is 12.4 Å². The van der Waals surface area contributed by atoms with Crippen molar-refractivity contribution in [2.45, 2.75) is 18.9 Å². The smallest absolute Gasteiger partial charge is 0.226 e. The summed E-state index contributed by atoms with van der Waals surface area (Å²) in [6, 6.07) is 15.4. The van der Waals surface area contributed by atoms with Gasteiger partial charge in [-0.15, -0.1) is 0 Å². The van der Waals surface area contributed by atoms with E-state index in [4.69, 9.17) is 16.3 Å². The number of hydrogen-bond donors (Lipinski definition) is 1. The van der Waals surface area contributed by atoms with E-state index in [-0.39, 0.29) is 11.8 Å². The first-order valence-corrected chi connectivity index (χ1v) is 8.77. The number of anilines is 1. The Hall–Kier alpha value is -2.79. The second kappa shape index (κ2) is 6.84. The van der Waals surface area contributed by atoms with Gasteiger partial charge in [-0.25, -0.2) is 4.68 Å². The number of nitrogens with one attached hydrogen (secondary N) is 1. The number of methoxy groups -OCH3 is 1. The third-order valence-electron chi connectivity index (χ3n) is 4.68. The molecule has 6 heteroatoms. The molecule has 0 saturated carbocycles. The zero-order valence-electron chi connectivity index (χ0n) is 14.3. The number of ether oxygens (including phenoxy) is 1. The zero-order chi connectivity index (χ0) is 18.1. The van der Waals surface area contributed by atoms with Crippen molar-refractivity contribution >= 4 is 23.3 Å². The number of halogens is 1.